The van der Waals surface area contributed by atoms with Gasteiger partial charge in [-0.05, 0) is 23.8 Å². The Labute approximate surface area is 97.3 Å². The molecule has 1 N–H and O–H groups in total. The summed E-state index contributed by atoms with van der Waals surface area (Å²) in [5.41, 5.74) is 1.78. The molecule has 4 heteroatoms. The number of rotatable bonds is 2. The third-order valence-corrected chi connectivity index (χ3v) is 2.43. The normalized spacial score (nSPS) is 10.4. The summed E-state index contributed by atoms with van der Waals surface area (Å²) in [7, 11) is 0. The zero-order valence-corrected chi connectivity index (χ0v) is 9.08. The summed E-state index contributed by atoms with van der Waals surface area (Å²) in [6.07, 6.45) is 1.45. The van der Waals surface area contributed by atoms with Gasteiger partial charge in [0.15, 0.2) is 0 Å². The van der Waals surface area contributed by atoms with Gasteiger partial charge in [-0.2, -0.15) is 0 Å². The second-order valence-electron chi connectivity index (χ2n) is 3.32. The third-order valence-electron chi connectivity index (χ3n) is 2.22. The molecule has 0 radical (unpaired) electrons. The highest BCUT2D eigenvalue weighted by Gasteiger charge is 2.07. The highest BCUT2D eigenvalue weighted by Crippen LogP contribution is 2.25. The van der Waals surface area contributed by atoms with Gasteiger partial charge in [-0.3, -0.25) is 4.98 Å². The van der Waals surface area contributed by atoms with Crippen LogP contribution >= 0.6 is 11.6 Å². The summed E-state index contributed by atoms with van der Waals surface area (Å²) >= 11 is 5.83. The Hall–Kier alpha value is -1.45. The lowest BCUT2D eigenvalue weighted by molar-refractivity contribution is 0.277. The van der Waals surface area contributed by atoms with Gasteiger partial charge in [-0.15, -0.1) is 0 Å². The van der Waals surface area contributed by atoms with Crippen LogP contribution in [-0.4, -0.2) is 10.1 Å². The second kappa shape index (κ2) is 4.60. The molecule has 0 aliphatic rings. The van der Waals surface area contributed by atoms with Crippen LogP contribution in [0.2, 0.25) is 5.02 Å². The molecule has 2 aromatic rings. The summed E-state index contributed by atoms with van der Waals surface area (Å²) < 4.78 is 13.1. The molecular weight excluding hydrogens is 229 g/mol. The van der Waals surface area contributed by atoms with Crippen LogP contribution in [0.4, 0.5) is 4.39 Å². The number of hydrogen-bond acceptors (Lipinski definition) is 2. The quantitative estimate of drug-likeness (QED) is 0.871. The van der Waals surface area contributed by atoms with Gasteiger partial charge in [0.05, 0.1) is 17.3 Å². The van der Waals surface area contributed by atoms with Crippen LogP contribution in [0, 0.1) is 5.82 Å². The number of halogens is 2. The van der Waals surface area contributed by atoms with Crippen LogP contribution in [0.25, 0.3) is 11.1 Å². The van der Waals surface area contributed by atoms with Crippen LogP contribution in [0.3, 0.4) is 0 Å². The highest BCUT2D eigenvalue weighted by atomic mass is 35.5. The maximum absolute atomic E-state index is 13.1. The van der Waals surface area contributed by atoms with Crippen LogP contribution in [0.5, 0.6) is 0 Å². The minimum Gasteiger partial charge on any atom is -0.390 e. The average molecular weight is 238 g/mol. The van der Waals surface area contributed by atoms with Gasteiger partial charge in [-0.25, -0.2) is 4.39 Å². The molecule has 1 aromatic carbocycles. The fraction of sp³-hybridized carbons (Fsp3) is 0.0833. The van der Waals surface area contributed by atoms with Crippen LogP contribution in [-0.2, 0) is 6.61 Å². The fourth-order valence-corrected chi connectivity index (χ4v) is 1.66. The molecule has 0 saturated carbocycles. The molecule has 82 valence electrons. The van der Waals surface area contributed by atoms with Crippen LogP contribution < -0.4 is 0 Å². The molecule has 1 aromatic heterocycles. The SMILES string of the molecule is OCc1ncc(Cl)cc1-c1cccc(F)c1. The molecule has 16 heavy (non-hydrogen) atoms. The predicted octanol–water partition coefficient (Wildman–Crippen LogP) is 3.03. The average Bonchev–Trinajstić information content (AvgIpc) is 2.29. The maximum atomic E-state index is 13.1. The van der Waals surface area contributed by atoms with E-state index >= 15 is 0 Å². The number of nitrogens with zero attached hydrogens (tertiary/aromatic N) is 1. The predicted molar refractivity (Wildman–Crippen MR) is 60.6 cm³/mol. The van der Waals surface area contributed by atoms with Gasteiger partial charge in [0.25, 0.3) is 0 Å². The van der Waals surface area contributed by atoms with Crippen molar-refractivity contribution in [2.24, 2.45) is 0 Å². The van der Waals surface area contributed by atoms with E-state index in [1.807, 2.05) is 0 Å². The first-order valence-electron chi connectivity index (χ1n) is 4.72. The molecule has 0 saturated heterocycles. The van der Waals surface area contributed by atoms with E-state index in [1.165, 1.54) is 18.3 Å². The van der Waals surface area contributed by atoms with Crippen molar-refractivity contribution in [3.8, 4) is 11.1 Å². The van der Waals surface area contributed by atoms with E-state index < -0.39 is 0 Å². The van der Waals surface area contributed by atoms with Gasteiger partial charge in [-0.1, -0.05) is 23.7 Å². The van der Waals surface area contributed by atoms with E-state index in [1.54, 1.807) is 18.2 Å². The number of aromatic nitrogens is 1. The summed E-state index contributed by atoms with van der Waals surface area (Å²) in [5, 5.41) is 9.60. The molecule has 0 bridgehead atoms. The number of aliphatic hydroxyl groups excluding tert-OH is 1. The topological polar surface area (TPSA) is 33.1 Å². The van der Waals surface area contributed by atoms with Crippen molar-refractivity contribution < 1.29 is 9.50 Å². The first-order chi connectivity index (χ1) is 7.70. The Bertz CT molecular complexity index is 516. The smallest absolute Gasteiger partial charge is 0.123 e. The monoisotopic (exact) mass is 237 g/mol. The van der Waals surface area contributed by atoms with Gasteiger partial charge in [0.1, 0.15) is 5.82 Å². The largest absolute Gasteiger partial charge is 0.390 e. The van der Waals surface area contributed by atoms with Crippen molar-refractivity contribution in [3.05, 3.63) is 53.1 Å². The molecule has 0 amide bonds. The van der Waals surface area contributed by atoms with Crippen molar-refractivity contribution in [2.75, 3.05) is 0 Å². The number of pyridine rings is 1. The molecular formula is C12H9ClFNO. The minimum atomic E-state index is -0.332. The standard InChI is InChI=1S/C12H9ClFNO/c13-9-5-11(12(7-16)15-6-9)8-2-1-3-10(14)4-8/h1-6,16H,7H2. The van der Waals surface area contributed by atoms with E-state index in [2.05, 4.69) is 4.98 Å². The zero-order valence-electron chi connectivity index (χ0n) is 8.32. The lowest BCUT2D eigenvalue weighted by atomic mass is 10.0. The van der Waals surface area contributed by atoms with Crippen molar-refractivity contribution in [3.63, 3.8) is 0 Å². The summed E-state index contributed by atoms with van der Waals surface area (Å²) in [6, 6.07) is 7.75. The van der Waals surface area contributed by atoms with Gasteiger partial charge < -0.3 is 5.11 Å². The second-order valence-corrected chi connectivity index (χ2v) is 3.75. The Kier molecular flexibility index (Phi) is 3.17. The van der Waals surface area contributed by atoms with Crippen molar-refractivity contribution in [1.29, 1.82) is 0 Å². The van der Waals surface area contributed by atoms with Crippen molar-refractivity contribution in [2.45, 2.75) is 6.61 Å². The molecule has 0 unspecified atom stereocenters. The van der Waals surface area contributed by atoms with Gasteiger partial charge in [0, 0.05) is 11.8 Å². The third kappa shape index (κ3) is 2.21. The van der Waals surface area contributed by atoms with Crippen molar-refractivity contribution >= 4 is 11.6 Å². The summed E-state index contributed by atoms with van der Waals surface area (Å²) in [5.74, 6) is -0.332. The molecule has 0 aliphatic heterocycles. The van der Waals surface area contributed by atoms with Gasteiger partial charge >= 0.3 is 0 Å². The maximum Gasteiger partial charge on any atom is 0.123 e. The Balaban J connectivity index is 2.58. The van der Waals surface area contributed by atoms with Gasteiger partial charge in [0.2, 0.25) is 0 Å². The minimum absolute atomic E-state index is 0.205. The lowest BCUT2D eigenvalue weighted by Gasteiger charge is -2.07. The Morgan fingerprint density at radius 1 is 1.31 bits per heavy atom. The van der Waals surface area contributed by atoms with E-state index in [0.717, 1.165) is 0 Å². The Morgan fingerprint density at radius 3 is 2.81 bits per heavy atom. The molecule has 2 nitrogen and oxygen atoms in total. The number of aliphatic hydroxyl groups is 1. The lowest BCUT2D eigenvalue weighted by Crippen LogP contribution is -1.94. The fourth-order valence-electron chi connectivity index (χ4n) is 1.50. The molecule has 0 fully saturated rings. The first-order valence-corrected chi connectivity index (χ1v) is 5.09. The molecule has 0 atom stereocenters. The van der Waals surface area contributed by atoms with E-state index in [-0.39, 0.29) is 12.4 Å². The highest BCUT2D eigenvalue weighted by molar-refractivity contribution is 6.30. The Morgan fingerprint density at radius 2 is 2.12 bits per heavy atom. The first kappa shape index (κ1) is 11.0. The van der Waals surface area contributed by atoms with E-state index in [0.29, 0.717) is 21.8 Å². The van der Waals surface area contributed by atoms with E-state index in [4.69, 9.17) is 16.7 Å². The van der Waals surface area contributed by atoms with E-state index in [9.17, 15) is 4.39 Å². The molecule has 2 rings (SSSR count). The summed E-state index contributed by atoms with van der Waals surface area (Å²) in [4.78, 5) is 4.00. The van der Waals surface area contributed by atoms with Crippen LogP contribution in [0.15, 0.2) is 36.5 Å². The molecule has 0 spiro atoms. The molecule has 0 aliphatic carbocycles. The number of hydrogen-bond donors (Lipinski definition) is 1. The van der Waals surface area contributed by atoms with Crippen LogP contribution in [0.1, 0.15) is 5.69 Å². The summed E-state index contributed by atoms with van der Waals surface area (Å²) in [6.45, 7) is -0.205. The number of benzene rings is 1. The molecule has 1 heterocycles. The zero-order chi connectivity index (χ0) is 11.5. The van der Waals surface area contributed by atoms with Crippen molar-refractivity contribution in [1.82, 2.24) is 4.98 Å².